The van der Waals surface area contributed by atoms with Crippen LogP contribution in [0.15, 0.2) is 18.2 Å². The van der Waals surface area contributed by atoms with Gasteiger partial charge in [0.1, 0.15) is 12.6 Å². The minimum absolute atomic E-state index is 0.104. The van der Waals surface area contributed by atoms with Crippen LogP contribution in [0.2, 0.25) is 0 Å². The molecule has 0 spiro atoms. The second-order valence-corrected chi connectivity index (χ2v) is 8.33. The molecule has 2 aromatic rings. The SMILES string of the molecule is O=C(OCc1[nH]c2cccc3c2c1C[C@H]1NCCCC31)C1CCCCCN1. The van der Waals surface area contributed by atoms with Gasteiger partial charge in [0.2, 0.25) is 0 Å². The highest BCUT2D eigenvalue weighted by Crippen LogP contribution is 2.42. The normalized spacial score (nSPS) is 27.8. The molecule has 1 aromatic heterocycles. The molecule has 5 nitrogen and oxygen atoms in total. The fraction of sp³-hybridized carbons (Fsp3) is 0.591. The first kappa shape index (κ1) is 17.3. The van der Waals surface area contributed by atoms with Gasteiger partial charge in [0.15, 0.2) is 0 Å². The van der Waals surface area contributed by atoms with Gasteiger partial charge in [0.25, 0.3) is 0 Å². The first-order valence-corrected chi connectivity index (χ1v) is 10.6. The van der Waals surface area contributed by atoms with Crippen molar-refractivity contribution in [2.45, 2.75) is 69.6 Å². The molecular weight excluding hydrogens is 338 g/mol. The molecule has 5 heteroatoms. The molecule has 3 N–H and O–H groups in total. The van der Waals surface area contributed by atoms with E-state index in [0.717, 1.165) is 44.5 Å². The number of piperidine rings is 1. The van der Waals surface area contributed by atoms with Gasteiger partial charge < -0.3 is 20.4 Å². The van der Waals surface area contributed by atoms with E-state index in [1.165, 1.54) is 41.3 Å². The molecule has 0 radical (unpaired) electrons. The molecule has 0 saturated carbocycles. The van der Waals surface area contributed by atoms with Crippen LogP contribution >= 0.6 is 0 Å². The molecule has 1 aromatic carbocycles. The Hall–Kier alpha value is -1.85. The van der Waals surface area contributed by atoms with Crippen molar-refractivity contribution < 1.29 is 9.53 Å². The number of aromatic nitrogens is 1. The van der Waals surface area contributed by atoms with Gasteiger partial charge in [-0.05, 0) is 62.4 Å². The number of benzene rings is 1. The molecule has 2 fully saturated rings. The van der Waals surface area contributed by atoms with Crippen molar-refractivity contribution in [2.24, 2.45) is 0 Å². The van der Waals surface area contributed by atoms with E-state index >= 15 is 0 Å². The van der Waals surface area contributed by atoms with Crippen LogP contribution in [0.25, 0.3) is 10.9 Å². The highest BCUT2D eigenvalue weighted by molar-refractivity contribution is 5.89. The van der Waals surface area contributed by atoms with Gasteiger partial charge in [-0.25, -0.2) is 0 Å². The number of fused-ring (bicyclic) bond motifs is 2. The number of ether oxygens (including phenoxy) is 1. The zero-order valence-electron chi connectivity index (χ0n) is 15.9. The summed E-state index contributed by atoms with van der Waals surface area (Å²) in [7, 11) is 0. The van der Waals surface area contributed by atoms with Crippen LogP contribution in [0, 0.1) is 0 Å². The summed E-state index contributed by atoms with van der Waals surface area (Å²) in [5.74, 6) is 0.504. The monoisotopic (exact) mass is 367 g/mol. The summed E-state index contributed by atoms with van der Waals surface area (Å²) in [6.45, 7) is 2.36. The molecule has 27 heavy (non-hydrogen) atoms. The molecular formula is C22H29N3O2. The Morgan fingerprint density at radius 1 is 1.07 bits per heavy atom. The summed E-state index contributed by atoms with van der Waals surface area (Å²) in [6.07, 6.45) is 7.86. The largest absolute Gasteiger partial charge is 0.458 e. The van der Waals surface area contributed by atoms with Crippen molar-refractivity contribution in [3.8, 4) is 0 Å². The Morgan fingerprint density at radius 3 is 2.96 bits per heavy atom. The van der Waals surface area contributed by atoms with E-state index in [0.29, 0.717) is 18.6 Å². The van der Waals surface area contributed by atoms with Crippen LogP contribution in [0.3, 0.4) is 0 Å². The van der Waals surface area contributed by atoms with Gasteiger partial charge in [-0.2, -0.15) is 0 Å². The minimum Gasteiger partial charge on any atom is -0.458 e. The van der Waals surface area contributed by atoms with Crippen LogP contribution in [0.4, 0.5) is 0 Å². The fourth-order valence-electron chi connectivity index (χ4n) is 5.29. The van der Waals surface area contributed by atoms with Gasteiger partial charge in [-0.1, -0.05) is 25.0 Å². The summed E-state index contributed by atoms with van der Waals surface area (Å²) >= 11 is 0. The average molecular weight is 367 g/mol. The topological polar surface area (TPSA) is 66.2 Å². The number of H-pyrrole nitrogens is 1. The van der Waals surface area contributed by atoms with E-state index in [1.54, 1.807) is 0 Å². The van der Waals surface area contributed by atoms with E-state index < -0.39 is 0 Å². The first-order valence-electron chi connectivity index (χ1n) is 10.6. The van der Waals surface area contributed by atoms with Crippen molar-refractivity contribution in [3.05, 3.63) is 35.0 Å². The molecule has 3 aliphatic rings. The van der Waals surface area contributed by atoms with E-state index in [9.17, 15) is 4.79 Å². The Morgan fingerprint density at radius 2 is 2.00 bits per heavy atom. The van der Waals surface area contributed by atoms with Gasteiger partial charge in [-0.3, -0.25) is 4.79 Å². The summed E-state index contributed by atoms with van der Waals surface area (Å²) in [6, 6.07) is 6.95. The Kier molecular flexibility index (Phi) is 4.66. The maximum atomic E-state index is 12.5. The van der Waals surface area contributed by atoms with Crippen LogP contribution < -0.4 is 10.6 Å². The average Bonchev–Trinajstić information content (AvgIpc) is 2.88. The number of nitrogens with one attached hydrogen (secondary N) is 3. The number of carbonyl (C=O) groups is 1. The number of hydrogen-bond acceptors (Lipinski definition) is 4. The van der Waals surface area contributed by atoms with Gasteiger partial charge in [0.05, 0.1) is 5.69 Å². The molecule has 2 saturated heterocycles. The molecule has 144 valence electrons. The third kappa shape index (κ3) is 3.17. The zero-order chi connectivity index (χ0) is 18.2. The van der Waals surface area contributed by atoms with Gasteiger partial charge in [-0.15, -0.1) is 0 Å². The molecule has 2 unspecified atom stereocenters. The van der Waals surface area contributed by atoms with Crippen LogP contribution in [0.5, 0.6) is 0 Å². The van der Waals surface area contributed by atoms with Gasteiger partial charge in [0, 0.05) is 22.9 Å². The molecule has 0 amide bonds. The van der Waals surface area contributed by atoms with Gasteiger partial charge >= 0.3 is 5.97 Å². The van der Waals surface area contributed by atoms with Crippen molar-refractivity contribution in [1.82, 2.24) is 15.6 Å². The molecule has 3 heterocycles. The van der Waals surface area contributed by atoms with E-state index in [2.05, 4.69) is 33.8 Å². The summed E-state index contributed by atoms with van der Waals surface area (Å²) < 4.78 is 5.74. The van der Waals surface area contributed by atoms with E-state index in [4.69, 9.17) is 4.74 Å². The lowest BCUT2D eigenvalue weighted by Gasteiger charge is -2.37. The summed E-state index contributed by atoms with van der Waals surface area (Å²) in [5, 5.41) is 8.43. The maximum Gasteiger partial charge on any atom is 0.323 e. The molecule has 3 atom stereocenters. The highest BCUT2D eigenvalue weighted by Gasteiger charge is 2.34. The van der Waals surface area contributed by atoms with Crippen molar-refractivity contribution in [2.75, 3.05) is 13.1 Å². The van der Waals surface area contributed by atoms with Crippen molar-refractivity contribution >= 4 is 16.9 Å². The lowest BCUT2D eigenvalue weighted by atomic mass is 9.75. The predicted molar refractivity (Wildman–Crippen MR) is 106 cm³/mol. The fourth-order valence-corrected chi connectivity index (χ4v) is 5.29. The van der Waals surface area contributed by atoms with E-state index in [-0.39, 0.29) is 12.0 Å². The number of carbonyl (C=O) groups excluding carboxylic acids is 1. The Labute approximate surface area is 160 Å². The number of esters is 1. The van der Waals surface area contributed by atoms with Crippen molar-refractivity contribution in [3.63, 3.8) is 0 Å². The maximum absolute atomic E-state index is 12.5. The standard InChI is InChI=1S/C22H29N3O2/c26-22(18-8-2-1-3-10-23-18)27-13-20-16-12-19-14(7-5-11-24-19)15-6-4-9-17(25-20)21(15)16/h4,6,9,14,18-19,23-25H,1-3,5,7-8,10-13H2/t14?,18?,19-/m1/s1. The van der Waals surface area contributed by atoms with Crippen LogP contribution in [-0.2, 0) is 22.6 Å². The summed E-state index contributed by atoms with van der Waals surface area (Å²) in [5.41, 5.74) is 5.07. The minimum atomic E-state index is -0.145. The number of hydrogen-bond donors (Lipinski definition) is 3. The lowest BCUT2D eigenvalue weighted by molar-refractivity contribution is -0.147. The third-order valence-electron chi connectivity index (χ3n) is 6.66. The van der Waals surface area contributed by atoms with E-state index in [1.807, 2.05) is 0 Å². The third-order valence-corrected chi connectivity index (χ3v) is 6.66. The van der Waals surface area contributed by atoms with Crippen molar-refractivity contribution in [1.29, 1.82) is 0 Å². The quantitative estimate of drug-likeness (QED) is 0.729. The second-order valence-electron chi connectivity index (χ2n) is 8.33. The second kappa shape index (κ2) is 7.28. The molecule has 0 bridgehead atoms. The predicted octanol–water partition coefficient (Wildman–Crippen LogP) is 3.14. The smallest absolute Gasteiger partial charge is 0.323 e. The number of rotatable bonds is 3. The first-order chi connectivity index (χ1) is 13.3. The number of aromatic amines is 1. The Bertz CT molecular complexity index is 835. The molecule has 2 aliphatic heterocycles. The zero-order valence-corrected chi connectivity index (χ0v) is 15.9. The Balaban J connectivity index is 1.39. The lowest BCUT2D eigenvalue weighted by Crippen LogP contribution is -2.43. The van der Waals surface area contributed by atoms with Crippen LogP contribution in [-0.4, -0.2) is 36.1 Å². The molecule has 5 rings (SSSR count). The summed E-state index contributed by atoms with van der Waals surface area (Å²) in [4.78, 5) is 16.1. The highest BCUT2D eigenvalue weighted by atomic mass is 16.5. The van der Waals surface area contributed by atoms with Crippen LogP contribution in [0.1, 0.15) is 61.3 Å². The molecule has 1 aliphatic carbocycles.